The highest BCUT2D eigenvalue weighted by Crippen LogP contribution is 2.35. The molecular formula is C27H33BrN4OS. The van der Waals surface area contributed by atoms with Crippen molar-refractivity contribution in [3.05, 3.63) is 52.7 Å². The summed E-state index contributed by atoms with van der Waals surface area (Å²) in [4.78, 5) is 17.8. The number of allylic oxidation sites excluding steroid dienone is 3. The number of fused-ring (bicyclic) bond motifs is 1. The van der Waals surface area contributed by atoms with Crippen LogP contribution in [0.1, 0.15) is 66.9 Å². The number of hydrogen-bond donors (Lipinski definition) is 1. The number of benzene rings is 1. The Hall–Kier alpha value is -1.86. The number of amides is 1. The Morgan fingerprint density at radius 2 is 2.03 bits per heavy atom. The third-order valence-electron chi connectivity index (χ3n) is 6.96. The molecule has 4 aliphatic rings. The largest absolute Gasteiger partial charge is 0.349 e. The van der Waals surface area contributed by atoms with E-state index in [1.54, 1.807) is 0 Å². The zero-order chi connectivity index (χ0) is 23.7. The molecule has 5 rings (SSSR count). The van der Waals surface area contributed by atoms with E-state index >= 15 is 0 Å². The summed E-state index contributed by atoms with van der Waals surface area (Å²) in [5, 5.41) is 10.1. The lowest BCUT2D eigenvalue weighted by molar-refractivity contribution is 0.0950. The first-order valence-electron chi connectivity index (χ1n) is 12.5. The predicted molar refractivity (Wildman–Crippen MR) is 147 cm³/mol. The average molecular weight is 542 g/mol. The Balaban J connectivity index is 1.43. The molecule has 5 nitrogen and oxygen atoms in total. The summed E-state index contributed by atoms with van der Waals surface area (Å²) in [5.74, 6) is 3.63. The van der Waals surface area contributed by atoms with Crippen LogP contribution in [0.2, 0.25) is 0 Å². The molecular weight excluding hydrogens is 508 g/mol. The number of thioether (sulfide) groups is 1. The molecule has 34 heavy (non-hydrogen) atoms. The summed E-state index contributed by atoms with van der Waals surface area (Å²) in [6.45, 7) is 5.17. The third kappa shape index (κ3) is 5.51. The Kier molecular flexibility index (Phi) is 7.30. The lowest BCUT2D eigenvalue weighted by atomic mass is 10.00. The van der Waals surface area contributed by atoms with Crippen LogP contribution < -0.4 is 5.32 Å². The van der Waals surface area contributed by atoms with Gasteiger partial charge in [-0.25, -0.2) is 5.01 Å². The normalized spacial score (nSPS) is 24.7. The van der Waals surface area contributed by atoms with Crippen LogP contribution in [0, 0.1) is 18.8 Å². The highest BCUT2D eigenvalue weighted by atomic mass is 79.9. The summed E-state index contributed by atoms with van der Waals surface area (Å²) in [7, 11) is 0. The fourth-order valence-electron chi connectivity index (χ4n) is 4.73. The topological polar surface area (TPSA) is 57.1 Å². The molecule has 1 aromatic rings. The molecule has 0 spiro atoms. The van der Waals surface area contributed by atoms with Gasteiger partial charge in [-0.1, -0.05) is 25.1 Å². The van der Waals surface area contributed by atoms with E-state index in [-0.39, 0.29) is 5.91 Å². The smallest absolute Gasteiger partial charge is 0.251 e. The van der Waals surface area contributed by atoms with Gasteiger partial charge in [-0.3, -0.25) is 9.79 Å². The van der Waals surface area contributed by atoms with E-state index in [9.17, 15) is 4.79 Å². The standard InChI is InChI=1S/C27H33BrN4OS/c1-17-3-8-24-23(29-16-19-9-11-34-12-10-19)15-26(28)31-32(24)25(13-17)20-4-7-22(18(2)14-20)27(33)30-21-5-6-21/h4,7-8,13-14,17,19,21H,3,5-6,9-12,15-16H2,1-2H3,(H,30,33). The van der Waals surface area contributed by atoms with E-state index < -0.39 is 0 Å². The van der Waals surface area contributed by atoms with E-state index in [1.165, 1.54) is 24.3 Å². The molecule has 3 aliphatic heterocycles. The monoisotopic (exact) mass is 540 g/mol. The predicted octanol–water partition coefficient (Wildman–Crippen LogP) is 6.15. The van der Waals surface area contributed by atoms with E-state index in [4.69, 9.17) is 10.1 Å². The second kappa shape index (κ2) is 10.4. The van der Waals surface area contributed by atoms with Gasteiger partial charge in [0.15, 0.2) is 0 Å². The van der Waals surface area contributed by atoms with Gasteiger partial charge < -0.3 is 5.32 Å². The van der Waals surface area contributed by atoms with Gasteiger partial charge in [0.05, 0.1) is 17.1 Å². The number of nitrogens with zero attached hydrogens (tertiary/aromatic N) is 3. The van der Waals surface area contributed by atoms with Gasteiger partial charge in [-0.2, -0.15) is 16.9 Å². The van der Waals surface area contributed by atoms with E-state index in [2.05, 4.69) is 69.2 Å². The maximum atomic E-state index is 12.6. The highest BCUT2D eigenvalue weighted by Gasteiger charge is 2.29. The van der Waals surface area contributed by atoms with Crippen molar-refractivity contribution < 1.29 is 4.79 Å². The van der Waals surface area contributed by atoms with Crippen LogP contribution >= 0.6 is 27.7 Å². The van der Waals surface area contributed by atoms with Gasteiger partial charge in [-0.05, 0) is 96.0 Å². The Bertz CT molecular complexity index is 1080. The Morgan fingerprint density at radius 1 is 1.24 bits per heavy atom. The lowest BCUT2D eigenvalue weighted by Gasteiger charge is -2.30. The second-order valence-corrected chi connectivity index (χ2v) is 12.1. The molecule has 1 N–H and O–H groups in total. The zero-order valence-corrected chi connectivity index (χ0v) is 22.4. The first kappa shape index (κ1) is 23.9. The summed E-state index contributed by atoms with van der Waals surface area (Å²) in [5.41, 5.74) is 6.11. The number of aliphatic imine (C=N–C) groups is 1. The van der Waals surface area contributed by atoms with Crippen LogP contribution in [0.3, 0.4) is 0 Å². The van der Waals surface area contributed by atoms with Crippen LogP contribution in [-0.4, -0.2) is 45.3 Å². The number of carbonyl (C=O) groups excluding carboxylic acids is 1. The molecule has 0 radical (unpaired) electrons. The van der Waals surface area contributed by atoms with Crippen molar-refractivity contribution >= 4 is 49.6 Å². The van der Waals surface area contributed by atoms with Crippen molar-refractivity contribution in [3.63, 3.8) is 0 Å². The second-order valence-electron chi connectivity index (χ2n) is 9.94. The molecule has 3 heterocycles. The molecule has 180 valence electrons. The van der Waals surface area contributed by atoms with Crippen molar-refractivity contribution in [1.82, 2.24) is 10.3 Å². The van der Waals surface area contributed by atoms with Crippen LogP contribution in [0.25, 0.3) is 5.70 Å². The van der Waals surface area contributed by atoms with Crippen LogP contribution in [0.4, 0.5) is 0 Å². The van der Waals surface area contributed by atoms with Crippen molar-refractivity contribution in [2.24, 2.45) is 21.9 Å². The molecule has 1 amide bonds. The SMILES string of the molecule is Cc1cc(C2=CC(C)CC=C3C(=NCC4CCSCC4)CC(Br)=NN32)ccc1C(=O)NC1CC1. The molecule has 1 saturated heterocycles. The van der Waals surface area contributed by atoms with Gasteiger partial charge in [0, 0.05) is 30.1 Å². The van der Waals surface area contributed by atoms with Crippen molar-refractivity contribution in [1.29, 1.82) is 0 Å². The molecule has 7 heteroatoms. The molecule has 1 aromatic carbocycles. The first-order valence-corrected chi connectivity index (χ1v) is 14.4. The Labute approximate surface area is 215 Å². The van der Waals surface area contributed by atoms with Gasteiger partial charge in [-0.15, -0.1) is 0 Å². The number of aryl methyl sites for hydroxylation is 1. The van der Waals surface area contributed by atoms with Crippen molar-refractivity contribution in [3.8, 4) is 0 Å². The minimum Gasteiger partial charge on any atom is -0.349 e. The van der Waals surface area contributed by atoms with Crippen molar-refractivity contribution in [2.75, 3.05) is 18.1 Å². The quantitative estimate of drug-likeness (QED) is 0.487. The number of carbonyl (C=O) groups is 1. The van der Waals surface area contributed by atoms with Gasteiger partial charge >= 0.3 is 0 Å². The van der Waals surface area contributed by atoms with Crippen molar-refractivity contribution in [2.45, 2.75) is 58.4 Å². The molecule has 0 bridgehead atoms. The molecule has 1 aliphatic carbocycles. The minimum absolute atomic E-state index is 0.0321. The number of rotatable bonds is 5. The summed E-state index contributed by atoms with van der Waals surface area (Å²) >= 11 is 5.75. The molecule has 2 fully saturated rings. The molecule has 1 atom stereocenters. The van der Waals surface area contributed by atoms with Gasteiger partial charge in [0.2, 0.25) is 0 Å². The van der Waals surface area contributed by atoms with Crippen LogP contribution in [0.15, 0.2) is 46.1 Å². The van der Waals surface area contributed by atoms with E-state index in [0.29, 0.717) is 17.9 Å². The molecule has 0 aromatic heterocycles. The average Bonchev–Trinajstić information content (AvgIpc) is 3.65. The van der Waals surface area contributed by atoms with E-state index in [1.807, 2.05) is 13.0 Å². The minimum atomic E-state index is 0.0321. The summed E-state index contributed by atoms with van der Waals surface area (Å²) in [6, 6.07) is 6.50. The summed E-state index contributed by atoms with van der Waals surface area (Å²) in [6.07, 6.45) is 11.0. The van der Waals surface area contributed by atoms with Gasteiger partial charge in [0.1, 0.15) is 4.62 Å². The van der Waals surface area contributed by atoms with Gasteiger partial charge in [0.25, 0.3) is 5.91 Å². The molecule has 1 unspecified atom stereocenters. The number of nitrogens with one attached hydrogen (secondary N) is 1. The molecule has 1 saturated carbocycles. The number of hydrazone groups is 1. The van der Waals surface area contributed by atoms with Crippen LogP contribution in [0.5, 0.6) is 0 Å². The highest BCUT2D eigenvalue weighted by molar-refractivity contribution is 9.18. The first-order chi connectivity index (χ1) is 16.5. The summed E-state index contributed by atoms with van der Waals surface area (Å²) < 4.78 is 0.903. The Morgan fingerprint density at radius 3 is 2.76 bits per heavy atom. The zero-order valence-electron chi connectivity index (χ0n) is 20.0. The maximum absolute atomic E-state index is 12.6. The third-order valence-corrected chi connectivity index (χ3v) is 8.45. The van der Waals surface area contributed by atoms with Crippen LogP contribution in [-0.2, 0) is 0 Å². The van der Waals surface area contributed by atoms with E-state index in [0.717, 1.165) is 70.6 Å². The fourth-order valence-corrected chi connectivity index (χ4v) is 6.36. The number of halogens is 1. The fraction of sp³-hybridized carbons (Fsp3) is 0.519. The lowest BCUT2D eigenvalue weighted by Crippen LogP contribution is -2.29. The maximum Gasteiger partial charge on any atom is 0.251 e. The number of hydrogen-bond acceptors (Lipinski definition) is 5.